The third-order valence-corrected chi connectivity index (χ3v) is 6.63. The molecule has 2 aromatic heterocycles. The van der Waals surface area contributed by atoms with Gasteiger partial charge in [-0.1, -0.05) is 31.4 Å². The summed E-state index contributed by atoms with van der Waals surface area (Å²) in [6, 6.07) is 7.96. The number of aryl methyl sites for hydroxylation is 2. The van der Waals surface area contributed by atoms with Crippen LogP contribution in [0.25, 0.3) is 11.1 Å². The van der Waals surface area contributed by atoms with Crippen LogP contribution >= 0.6 is 0 Å². The van der Waals surface area contributed by atoms with Gasteiger partial charge in [-0.25, -0.2) is 0 Å². The van der Waals surface area contributed by atoms with Crippen LogP contribution in [0.5, 0.6) is 0 Å². The normalized spacial score (nSPS) is 15.4. The lowest BCUT2D eigenvalue weighted by Gasteiger charge is -2.30. The van der Waals surface area contributed by atoms with Crippen LogP contribution in [0.15, 0.2) is 48.8 Å². The maximum atomic E-state index is 13.5. The SMILES string of the molecule is Cc1nccc(C(F)(F)F)c1-c1ccc(NC(=O)C(NC(=O)c2ccnn2C)C2CCCCC2)cc1. The van der Waals surface area contributed by atoms with Gasteiger partial charge < -0.3 is 10.6 Å². The van der Waals surface area contributed by atoms with E-state index in [1.165, 1.54) is 29.9 Å². The number of halogens is 3. The fourth-order valence-electron chi connectivity index (χ4n) is 4.78. The first-order valence-electron chi connectivity index (χ1n) is 11.9. The number of nitrogens with zero attached hydrogens (tertiary/aromatic N) is 3. The van der Waals surface area contributed by atoms with Gasteiger partial charge in [-0.2, -0.15) is 18.3 Å². The van der Waals surface area contributed by atoms with Gasteiger partial charge in [0.05, 0.1) is 5.56 Å². The van der Waals surface area contributed by atoms with Crippen molar-refractivity contribution in [3.8, 4) is 11.1 Å². The average Bonchev–Trinajstić information content (AvgIpc) is 3.29. The third-order valence-electron chi connectivity index (χ3n) is 6.63. The molecule has 1 unspecified atom stereocenters. The first kappa shape index (κ1) is 25.4. The van der Waals surface area contributed by atoms with Crippen molar-refractivity contribution in [2.45, 2.75) is 51.2 Å². The highest BCUT2D eigenvalue weighted by atomic mass is 19.4. The van der Waals surface area contributed by atoms with Gasteiger partial charge in [0, 0.05) is 36.4 Å². The highest BCUT2D eigenvalue weighted by molar-refractivity contribution is 6.00. The number of benzene rings is 1. The summed E-state index contributed by atoms with van der Waals surface area (Å²) >= 11 is 0. The molecule has 36 heavy (non-hydrogen) atoms. The molecule has 0 saturated heterocycles. The molecule has 1 aromatic carbocycles. The second kappa shape index (κ2) is 10.5. The summed E-state index contributed by atoms with van der Waals surface area (Å²) in [5.74, 6) is -0.760. The van der Waals surface area contributed by atoms with Gasteiger partial charge in [0.15, 0.2) is 0 Å². The van der Waals surface area contributed by atoms with E-state index in [1.807, 2.05) is 0 Å². The summed E-state index contributed by atoms with van der Waals surface area (Å²) in [6.07, 6.45) is 2.84. The van der Waals surface area contributed by atoms with Crippen molar-refractivity contribution in [1.29, 1.82) is 0 Å². The summed E-state index contributed by atoms with van der Waals surface area (Å²) < 4.78 is 42.1. The minimum absolute atomic E-state index is 0.00593. The summed E-state index contributed by atoms with van der Waals surface area (Å²) in [4.78, 5) is 30.1. The molecule has 1 aliphatic rings. The third kappa shape index (κ3) is 5.58. The number of nitrogens with one attached hydrogen (secondary N) is 2. The highest BCUT2D eigenvalue weighted by Gasteiger charge is 2.35. The fraction of sp³-hybridized carbons (Fsp3) is 0.385. The molecule has 2 heterocycles. The second-order valence-electron chi connectivity index (χ2n) is 9.07. The Morgan fingerprint density at radius 1 is 1.03 bits per heavy atom. The van der Waals surface area contributed by atoms with Crippen LogP contribution in [0, 0.1) is 12.8 Å². The Kier molecular flexibility index (Phi) is 7.42. The maximum absolute atomic E-state index is 13.5. The zero-order chi connectivity index (χ0) is 25.9. The van der Waals surface area contributed by atoms with E-state index in [0.29, 0.717) is 16.9 Å². The number of alkyl halides is 3. The number of carbonyl (C=O) groups excluding carboxylic acids is 2. The Morgan fingerprint density at radius 2 is 1.72 bits per heavy atom. The lowest BCUT2D eigenvalue weighted by Crippen LogP contribution is -2.49. The molecule has 2 N–H and O–H groups in total. The van der Waals surface area contributed by atoms with E-state index in [9.17, 15) is 22.8 Å². The Balaban J connectivity index is 1.54. The number of rotatable bonds is 6. The first-order valence-corrected chi connectivity index (χ1v) is 11.9. The number of aromatic nitrogens is 3. The van der Waals surface area contributed by atoms with Crippen LogP contribution in [0.3, 0.4) is 0 Å². The fourth-order valence-corrected chi connectivity index (χ4v) is 4.78. The van der Waals surface area contributed by atoms with Crippen molar-refractivity contribution in [1.82, 2.24) is 20.1 Å². The molecule has 10 heteroatoms. The van der Waals surface area contributed by atoms with E-state index < -0.39 is 17.8 Å². The lowest BCUT2D eigenvalue weighted by molar-refractivity contribution is -0.137. The smallest absolute Gasteiger partial charge is 0.339 e. The van der Waals surface area contributed by atoms with E-state index >= 15 is 0 Å². The van der Waals surface area contributed by atoms with Crippen LogP contribution < -0.4 is 10.6 Å². The average molecular weight is 500 g/mol. The summed E-state index contributed by atoms with van der Waals surface area (Å²) in [5.41, 5.74) is 0.624. The number of pyridine rings is 1. The Morgan fingerprint density at radius 3 is 2.33 bits per heavy atom. The lowest BCUT2D eigenvalue weighted by atomic mass is 9.83. The number of anilines is 1. The van der Waals surface area contributed by atoms with Crippen LogP contribution in [0.4, 0.5) is 18.9 Å². The predicted molar refractivity (Wildman–Crippen MR) is 129 cm³/mol. The zero-order valence-corrected chi connectivity index (χ0v) is 20.1. The van der Waals surface area contributed by atoms with Gasteiger partial charge in [0.2, 0.25) is 5.91 Å². The van der Waals surface area contributed by atoms with Gasteiger partial charge in [0.1, 0.15) is 11.7 Å². The Labute approximate surface area is 207 Å². The van der Waals surface area contributed by atoms with Gasteiger partial charge >= 0.3 is 6.18 Å². The predicted octanol–water partition coefficient (Wildman–Crippen LogP) is 5.13. The van der Waals surface area contributed by atoms with E-state index in [4.69, 9.17) is 0 Å². The summed E-state index contributed by atoms with van der Waals surface area (Å²) in [6.45, 7) is 1.53. The van der Waals surface area contributed by atoms with Crippen molar-refractivity contribution in [2.75, 3.05) is 5.32 Å². The van der Waals surface area contributed by atoms with Crippen molar-refractivity contribution >= 4 is 17.5 Å². The van der Waals surface area contributed by atoms with Crippen LogP contribution in [0.2, 0.25) is 0 Å². The zero-order valence-electron chi connectivity index (χ0n) is 20.1. The molecule has 0 bridgehead atoms. The quantitative estimate of drug-likeness (QED) is 0.492. The first-order chi connectivity index (χ1) is 17.1. The minimum atomic E-state index is -4.52. The van der Waals surface area contributed by atoms with Crippen LogP contribution in [0.1, 0.15) is 53.8 Å². The summed E-state index contributed by atoms with van der Waals surface area (Å²) in [7, 11) is 1.65. The van der Waals surface area contributed by atoms with E-state index in [2.05, 4.69) is 20.7 Å². The number of amides is 2. The number of carbonyl (C=O) groups is 2. The molecule has 2 amide bonds. The molecule has 4 rings (SSSR count). The highest BCUT2D eigenvalue weighted by Crippen LogP contribution is 2.38. The van der Waals surface area contributed by atoms with Crippen LogP contribution in [-0.4, -0.2) is 32.6 Å². The van der Waals surface area contributed by atoms with Gasteiger partial charge in [-0.15, -0.1) is 0 Å². The number of hydrogen-bond acceptors (Lipinski definition) is 4. The maximum Gasteiger partial charge on any atom is 0.417 e. The molecule has 1 fully saturated rings. The standard InChI is InChI=1S/C26H28F3N5O2/c1-16-22(20(12-14-30-16)26(27,28)29)17-8-10-19(11-9-17)32-25(36)23(18-6-4-3-5-7-18)33-24(35)21-13-15-31-34(21)2/h8-15,18,23H,3-7H2,1-2H3,(H,32,36)(H,33,35). The Hall–Kier alpha value is -3.69. The molecular formula is C26H28F3N5O2. The Bertz CT molecular complexity index is 1230. The van der Waals surface area contributed by atoms with Gasteiger partial charge in [-0.05, 0) is 55.5 Å². The molecule has 7 nitrogen and oxygen atoms in total. The van der Waals surface area contributed by atoms with E-state index in [1.54, 1.807) is 25.2 Å². The van der Waals surface area contributed by atoms with Crippen molar-refractivity contribution < 1.29 is 22.8 Å². The minimum Gasteiger partial charge on any atom is -0.339 e. The van der Waals surface area contributed by atoms with Crippen molar-refractivity contribution in [2.24, 2.45) is 13.0 Å². The molecule has 0 aliphatic heterocycles. The summed E-state index contributed by atoms with van der Waals surface area (Å²) in [5, 5.41) is 9.71. The van der Waals surface area contributed by atoms with Crippen molar-refractivity contribution in [3.05, 3.63) is 65.7 Å². The van der Waals surface area contributed by atoms with Gasteiger partial charge in [-0.3, -0.25) is 19.3 Å². The number of hydrogen-bond donors (Lipinski definition) is 2. The molecule has 1 saturated carbocycles. The van der Waals surface area contributed by atoms with Crippen molar-refractivity contribution in [3.63, 3.8) is 0 Å². The van der Waals surface area contributed by atoms with E-state index in [0.717, 1.165) is 44.4 Å². The largest absolute Gasteiger partial charge is 0.417 e. The van der Waals surface area contributed by atoms with E-state index in [-0.39, 0.29) is 29.0 Å². The monoisotopic (exact) mass is 499 g/mol. The molecule has 0 spiro atoms. The molecule has 1 atom stereocenters. The second-order valence-corrected chi connectivity index (χ2v) is 9.07. The molecule has 3 aromatic rings. The topological polar surface area (TPSA) is 88.9 Å². The molecule has 0 radical (unpaired) electrons. The van der Waals surface area contributed by atoms with Crippen LogP contribution in [-0.2, 0) is 18.0 Å². The molecule has 1 aliphatic carbocycles. The molecular weight excluding hydrogens is 471 g/mol. The van der Waals surface area contributed by atoms with Gasteiger partial charge in [0.25, 0.3) is 5.91 Å². The molecule has 190 valence electrons.